The molecule has 2 atom stereocenters. The van der Waals surface area contributed by atoms with Crippen molar-refractivity contribution in [1.82, 2.24) is 0 Å². The number of hydrogen-bond donors (Lipinski definition) is 1. The van der Waals surface area contributed by atoms with Crippen molar-refractivity contribution in [3.05, 3.63) is 0 Å². The minimum atomic E-state index is -2.60. The Balaban J connectivity index is -0.00000450. The third kappa shape index (κ3) is 17.7. The van der Waals surface area contributed by atoms with Crippen LogP contribution in [0.3, 0.4) is 0 Å². The molecule has 1 N–H and O–H groups in total. The minimum absolute atomic E-state index is 0. The third-order valence-corrected chi connectivity index (χ3v) is 10.3. The van der Waals surface area contributed by atoms with Crippen molar-refractivity contribution in [2.24, 2.45) is 0 Å². The van der Waals surface area contributed by atoms with Crippen LogP contribution in [0, 0.1) is 0 Å². The van der Waals surface area contributed by atoms with Gasteiger partial charge in [0.25, 0.3) is 0 Å². The van der Waals surface area contributed by atoms with Gasteiger partial charge in [0, 0.05) is 33.3 Å². The fourth-order valence-electron chi connectivity index (χ4n) is 4.93. The van der Waals surface area contributed by atoms with Crippen LogP contribution in [-0.4, -0.2) is 50.3 Å². The summed E-state index contributed by atoms with van der Waals surface area (Å²) in [5, 5.41) is 0. The Hall–Kier alpha value is 0.637. The highest BCUT2D eigenvalue weighted by Crippen LogP contribution is 2.34. The van der Waals surface area contributed by atoms with E-state index in [-0.39, 0.29) is 24.8 Å². The van der Waals surface area contributed by atoms with E-state index in [1.54, 1.807) is 21.3 Å². The summed E-state index contributed by atoms with van der Waals surface area (Å²) in [4.78, 5) is 1.53. The maximum Gasteiger partial charge on any atom is 0.503 e. The van der Waals surface area contributed by atoms with Crippen LogP contribution in [0.4, 0.5) is 0 Å². The summed E-state index contributed by atoms with van der Waals surface area (Å²) in [5.41, 5.74) is 0.395. The summed E-state index contributed by atoms with van der Waals surface area (Å²) >= 11 is 0. The first-order valence-corrected chi connectivity index (χ1v) is 15.3. The molecule has 0 radical (unpaired) electrons. The Morgan fingerprint density at radius 2 is 0.970 bits per heavy atom. The van der Waals surface area contributed by atoms with Gasteiger partial charge in [0.15, 0.2) is 0 Å². The number of quaternary nitrogens is 1. The Bertz CT molecular complexity index is 380. The van der Waals surface area contributed by atoms with Gasteiger partial charge in [-0.1, -0.05) is 104 Å². The van der Waals surface area contributed by atoms with Crippen LogP contribution in [0.15, 0.2) is 0 Å². The van der Waals surface area contributed by atoms with Crippen molar-refractivity contribution in [2.45, 2.75) is 135 Å². The minimum Gasteiger partial charge on any atom is -1.00 e. The number of rotatable bonds is 23. The topological polar surface area (TPSA) is 32.1 Å². The lowest BCUT2D eigenvalue weighted by molar-refractivity contribution is -0.886. The van der Waals surface area contributed by atoms with E-state index in [4.69, 9.17) is 13.3 Å². The second kappa shape index (κ2) is 25.7. The van der Waals surface area contributed by atoms with Crippen molar-refractivity contribution in [1.29, 1.82) is 0 Å². The molecule has 0 heterocycles. The van der Waals surface area contributed by atoms with Crippen molar-refractivity contribution >= 4 is 8.80 Å². The zero-order chi connectivity index (χ0) is 23.4. The molecule has 0 aliphatic rings. The molecule has 0 aliphatic heterocycles. The van der Waals surface area contributed by atoms with Crippen LogP contribution in [0.1, 0.15) is 123 Å². The van der Waals surface area contributed by atoms with Gasteiger partial charge in [-0.05, 0) is 12.8 Å². The van der Waals surface area contributed by atoms with Crippen LogP contribution in [-0.2, 0) is 13.3 Å². The van der Waals surface area contributed by atoms with Crippen molar-refractivity contribution in [2.75, 3.05) is 35.4 Å². The van der Waals surface area contributed by atoms with E-state index >= 15 is 0 Å². The summed E-state index contributed by atoms with van der Waals surface area (Å²) < 4.78 is 17.7. The van der Waals surface area contributed by atoms with Gasteiger partial charge in [-0.2, -0.15) is 0 Å². The van der Waals surface area contributed by atoms with Crippen molar-refractivity contribution < 1.29 is 43.0 Å². The molecule has 0 saturated carbocycles. The van der Waals surface area contributed by atoms with Gasteiger partial charge < -0.3 is 43.0 Å². The monoisotopic (exact) mass is 530 g/mol. The molecule has 0 spiro atoms. The Morgan fingerprint density at radius 3 is 1.30 bits per heavy atom. The standard InChI is InChI=1S/C26H57NO3Si.2ClH/c1-8-10-11-12-13-14-15-16-17-18-19-20-21-23-26(31(28-5,29-6)30-7)24-25(22-9-2)27(3)4;;/h25-26H,8-24H2,1-7H3;2*1H/p-1. The first-order chi connectivity index (χ1) is 15.0. The molecule has 0 fully saturated rings. The lowest BCUT2D eigenvalue weighted by Crippen LogP contribution is -3.10. The van der Waals surface area contributed by atoms with Gasteiger partial charge in [0.2, 0.25) is 0 Å². The number of nitrogens with one attached hydrogen (secondary N) is 1. The molecule has 0 bridgehead atoms. The molecular formula is C26H58Cl2NO3Si-. The van der Waals surface area contributed by atoms with E-state index in [1.165, 1.54) is 101 Å². The summed E-state index contributed by atoms with van der Waals surface area (Å²) in [7, 11) is 7.27. The average Bonchev–Trinajstić information content (AvgIpc) is 2.77. The van der Waals surface area contributed by atoms with Gasteiger partial charge in [-0.25, -0.2) is 0 Å². The summed E-state index contributed by atoms with van der Waals surface area (Å²) in [5.74, 6) is 0. The highest BCUT2D eigenvalue weighted by molar-refractivity contribution is 6.62. The second-order valence-corrected chi connectivity index (χ2v) is 13.0. The first kappa shape index (κ1) is 38.2. The van der Waals surface area contributed by atoms with Crippen molar-refractivity contribution in [3.63, 3.8) is 0 Å². The lowest BCUT2D eigenvalue weighted by atomic mass is 10.0. The molecule has 0 amide bonds. The van der Waals surface area contributed by atoms with E-state index in [2.05, 4.69) is 27.9 Å². The third-order valence-electron chi connectivity index (χ3n) is 7.03. The van der Waals surface area contributed by atoms with Crippen LogP contribution < -0.4 is 29.7 Å². The fourth-order valence-corrected chi connectivity index (χ4v) is 7.56. The molecule has 0 rings (SSSR count). The summed E-state index contributed by atoms with van der Waals surface area (Å²) in [6.07, 6.45) is 22.9. The largest absolute Gasteiger partial charge is 1.00 e. The van der Waals surface area contributed by atoms with E-state index in [0.29, 0.717) is 11.6 Å². The Kier molecular flexibility index (Phi) is 29.8. The van der Waals surface area contributed by atoms with Crippen LogP contribution in [0.5, 0.6) is 0 Å². The lowest BCUT2D eigenvalue weighted by Gasteiger charge is -2.35. The zero-order valence-corrected chi connectivity index (χ0v) is 25.7. The molecule has 7 heteroatoms. The smallest absolute Gasteiger partial charge is 0.503 e. The van der Waals surface area contributed by atoms with Gasteiger partial charge >= 0.3 is 8.80 Å². The summed E-state index contributed by atoms with van der Waals surface area (Å²) in [6, 6.07) is 0.643. The second-order valence-electron chi connectivity index (χ2n) is 9.74. The predicted molar refractivity (Wildman–Crippen MR) is 137 cm³/mol. The van der Waals surface area contributed by atoms with Crippen LogP contribution in [0.25, 0.3) is 0 Å². The fraction of sp³-hybridized carbons (Fsp3) is 1.00. The van der Waals surface area contributed by atoms with Crippen molar-refractivity contribution in [3.8, 4) is 0 Å². The highest BCUT2D eigenvalue weighted by Gasteiger charge is 2.48. The number of unbranched alkanes of at least 4 members (excludes halogenated alkanes) is 12. The van der Waals surface area contributed by atoms with E-state index < -0.39 is 8.80 Å². The van der Waals surface area contributed by atoms with E-state index in [9.17, 15) is 0 Å². The average molecular weight is 532 g/mol. The van der Waals surface area contributed by atoms with E-state index in [0.717, 1.165) is 12.8 Å². The normalized spacial score (nSPS) is 13.5. The Morgan fingerprint density at radius 1 is 0.576 bits per heavy atom. The molecule has 0 saturated heterocycles. The quantitative estimate of drug-likeness (QED) is 0.153. The highest BCUT2D eigenvalue weighted by atomic mass is 35.5. The van der Waals surface area contributed by atoms with Gasteiger partial charge in [0.05, 0.1) is 20.1 Å². The molecule has 0 aromatic heterocycles. The predicted octanol–water partition coefficient (Wildman–Crippen LogP) is 0.427. The molecule has 0 aromatic carbocycles. The molecule has 4 nitrogen and oxygen atoms in total. The molecule has 204 valence electrons. The first-order valence-electron chi connectivity index (χ1n) is 13.5. The van der Waals surface area contributed by atoms with Gasteiger partial charge in [0.1, 0.15) is 0 Å². The molecule has 33 heavy (non-hydrogen) atoms. The maximum atomic E-state index is 5.91. The van der Waals surface area contributed by atoms with E-state index in [1.807, 2.05) is 0 Å². The maximum absolute atomic E-state index is 5.91. The molecule has 0 aromatic rings. The SMILES string of the molecule is CCCCCCCCCCCCCCCC(CC(CCC)[NH+](C)C)[Si](OC)(OC)OC.[Cl-].[Cl-]. The number of hydrogen-bond acceptors (Lipinski definition) is 3. The van der Waals surface area contributed by atoms with Gasteiger partial charge in [-0.15, -0.1) is 0 Å². The molecule has 2 unspecified atom stereocenters. The van der Waals surface area contributed by atoms with Gasteiger partial charge in [-0.3, -0.25) is 0 Å². The molecule has 0 aliphatic carbocycles. The number of halogens is 2. The van der Waals surface area contributed by atoms with Crippen LogP contribution >= 0.6 is 0 Å². The summed E-state index contributed by atoms with van der Waals surface area (Å²) in [6.45, 7) is 4.57. The van der Waals surface area contributed by atoms with Crippen LogP contribution in [0.2, 0.25) is 5.54 Å². The molecular weight excluding hydrogens is 473 g/mol. The Labute approximate surface area is 221 Å². The zero-order valence-electron chi connectivity index (χ0n) is 23.2.